The minimum Gasteiger partial charge on any atom is -0.274 e. The number of nitro groups is 4. The van der Waals surface area contributed by atoms with Crippen LogP contribution in [0.15, 0.2) is 97.1 Å². The highest BCUT2D eigenvalue weighted by molar-refractivity contribution is 6.26. The third kappa shape index (κ3) is 4.84. The summed E-state index contributed by atoms with van der Waals surface area (Å²) >= 11 is 0. The fourth-order valence-corrected chi connectivity index (χ4v) is 8.10. The van der Waals surface area contributed by atoms with Gasteiger partial charge in [-0.15, -0.1) is 0 Å². The minimum absolute atomic E-state index is 0.0165. The Kier molecular flexibility index (Phi) is 7.60. The van der Waals surface area contributed by atoms with E-state index in [0.29, 0.717) is 0 Å². The van der Waals surface area contributed by atoms with Gasteiger partial charge in [0.15, 0.2) is 0 Å². The Hall–Kier alpha value is -7.32. The summed E-state index contributed by atoms with van der Waals surface area (Å²) in [5.74, 6) is -6.01. The number of rotatable bonds is 8. The van der Waals surface area contributed by atoms with Crippen LogP contribution in [0, 0.1) is 52.3 Å². The molecule has 0 radical (unpaired) electrons. The summed E-state index contributed by atoms with van der Waals surface area (Å²) in [4.78, 5) is 104. The maximum atomic E-state index is 14.6. The summed E-state index contributed by atoms with van der Waals surface area (Å²) in [6, 6.07) is 14.2. The van der Waals surface area contributed by atoms with Crippen molar-refractivity contribution in [2.45, 2.75) is 24.2 Å². The molecule has 270 valence electrons. The van der Waals surface area contributed by atoms with Gasteiger partial charge in [0.05, 0.1) is 55.0 Å². The van der Waals surface area contributed by atoms with Gasteiger partial charge in [0.1, 0.15) is 12.1 Å². The van der Waals surface area contributed by atoms with Gasteiger partial charge in [0, 0.05) is 48.5 Å². The number of carbonyl (C=O) groups is 4. The second kappa shape index (κ2) is 12.1. The Balaban J connectivity index is 1.33. The highest BCUT2D eigenvalue weighted by Gasteiger charge is 2.73. The van der Waals surface area contributed by atoms with Crippen LogP contribution in [-0.4, -0.2) is 65.4 Å². The van der Waals surface area contributed by atoms with Crippen molar-refractivity contribution in [1.29, 1.82) is 0 Å². The number of nitro benzene ring substituents is 4. The molecule has 0 N–H and O–H groups in total. The predicted octanol–water partition coefficient (Wildman–Crippen LogP) is 3.76. The lowest BCUT2D eigenvalue weighted by atomic mass is 9.84. The zero-order valence-corrected chi connectivity index (χ0v) is 27.2. The van der Waals surface area contributed by atoms with Gasteiger partial charge in [-0.2, -0.15) is 0 Å². The molecular formula is C34H22N8O12. The van der Waals surface area contributed by atoms with Crippen molar-refractivity contribution in [2.75, 3.05) is 9.80 Å². The Morgan fingerprint density at radius 3 is 1.06 bits per heavy atom. The summed E-state index contributed by atoms with van der Waals surface area (Å²) < 4.78 is 0. The molecule has 0 bridgehead atoms. The number of non-ortho nitro benzene ring substituents is 4. The third-order valence-electron chi connectivity index (χ3n) is 10.2. The lowest BCUT2D eigenvalue weighted by molar-refractivity contribution is -0.385. The average molecular weight is 735 g/mol. The van der Waals surface area contributed by atoms with Crippen molar-refractivity contribution in [3.8, 4) is 0 Å². The van der Waals surface area contributed by atoms with Crippen LogP contribution >= 0.6 is 0 Å². The number of hydrogen-bond donors (Lipinski definition) is 0. The number of nitrogens with zero attached hydrogens (tertiary/aromatic N) is 8. The Morgan fingerprint density at radius 1 is 0.407 bits per heavy atom. The molecule has 4 saturated heterocycles. The molecule has 0 spiro atoms. The van der Waals surface area contributed by atoms with Gasteiger partial charge in [-0.3, -0.25) is 59.6 Å². The molecule has 4 aromatic carbocycles. The zero-order chi connectivity index (χ0) is 38.3. The fourth-order valence-electron chi connectivity index (χ4n) is 8.10. The summed E-state index contributed by atoms with van der Waals surface area (Å²) in [7, 11) is 0. The molecule has 0 saturated carbocycles. The maximum Gasteiger partial charge on any atom is 0.269 e. The Morgan fingerprint density at radius 2 is 0.741 bits per heavy atom. The van der Waals surface area contributed by atoms with E-state index in [0.717, 1.165) is 34.1 Å². The van der Waals surface area contributed by atoms with E-state index >= 15 is 0 Å². The fraction of sp³-hybridized carbons (Fsp3) is 0.176. The first-order chi connectivity index (χ1) is 25.8. The van der Waals surface area contributed by atoms with Crippen LogP contribution in [0.5, 0.6) is 0 Å². The van der Waals surface area contributed by atoms with Crippen molar-refractivity contribution in [3.63, 3.8) is 0 Å². The van der Waals surface area contributed by atoms with E-state index in [4.69, 9.17) is 0 Å². The van der Waals surface area contributed by atoms with Crippen molar-refractivity contribution < 1.29 is 38.9 Å². The molecule has 54 heavy (non-hydrogen) atoms. The van der Waals surface area contributed by atoms with Crippen LogP contribution in [0.4, 0.5) is 34.1 Å². The number of benzene rings is 4. The van der Waals surface area contributed by atoms with Gasteiger partial charge in [-0.05, 0) is 35.4 Å². The van der Waals surface area contributed by atoms with E-state index in [1.807, 2.05) is 0 Å². The molecule has 4 aromatic rings. The molecule has 20 nitrogen and oxygen atoms in total. The molecule has 4 aliphatic heterocycles. The molecule has 8 rings (SSSR count). The molecule has 4 amide bonds. The number of imide groups is 2. The van der Waals surface area contributed by atoms with Crippen molar-refractivity contribution >= 4 is 57.8 Å². The second-order valence-electron chi connectivity index (χ2n) is 12.9. The molecule has 20 heteroatoms. The second-order valence-corrected chi connectivity index (χ2v) is 12.9. The van der Waals surface area contributed by atoms with Crippen LogP contribution in [0.25, 0.3) is 0 Å². The number of fused-ring (bicyclic) bond motifs is 5. The predicted molar refractivity (Wildman–Crippen MR) is 181 cm³/mol. The lowest BCUT2D eigenvalue weighted by Gasteiger charge is -2.35. The summed E-state index contributed by atoms with van der Waals surface area (Å²) in [5.41, 5.74) is -1.13. The summed E-state index contributed by atoms with van der Waals surface area (Å²) in [6.07, 6.45) is 0. The molecule has 0 aliphatic carbocycles. The van der Waals surface area contributed by atoms with E-state index in [2.05, 4.69) is 0 Å². The zero-order valence-electron chi connectivity index (χ0n) is 27.2. The monoisotopic (exact) mass is 734 g/mol. The molecular weight excluding hydrogens is 712 g/mol. The van der Waals surface area contributed by atoms with Crippen LogP contribution < -0.4 is 9.80 Å². The van der Waals surface area contributed by atoms with E-state index in [-0.39, 0.29) is 45.3 Å². The Bertz CT molecular complexity index is 2210. The van der Waals surface area contributed by atoms with Crippen LogP contribution in [0.2, 0.25) is 0 Å². The molecule has 6 atom stereocenters. The molecule has 4 aliphatic rings. The first-order valence-electron chi connectivity index (χ1n) is 16.1. The molecule has 6 unspecified atom stereocenters. The van der Waals surface area contributed by atoms with Gasteiger partial charge in [-0.1, -0.05) is 24.3 Å². The SMILES string of the molecule is O=C1C2C(C(=O)N1c1ccc([N+](=O)[O-])cc1)N1C(c3cccc([N+](=O)[O-])c3)C3C(=O)N(c4ccc([N+](=O)[O-])cc4)C(=O)C3N1C2c1cccc([N+](=O)[O-])c1. The van der Waals surface area contributed by atoms with Gasteiger partial charge >= 0.3 is 0 Å². The number of carbonyl (C=O) groups excluding carboxylic acids is 4. The first-order valence-corrected chi connectivity index (χ1v) is 16.1. The van der Waals surface area contributed by atoms with Crippen molar-refractivity contribution in [3.05, 3.63) is 149 Å². The van der Waals surface area contributed by atoms with Gasteiger partial charge in [-0.25, -0.2) is 19.8 Å². The average Bonchev–Trinajstić information content (AvgIpc) is 3.83. The highest BCUT2D eigenvalue weighted by Crippen LogP contribution is 2.60. The highest BCUT2D eigenvalue weighted by atomic mass is 16.6. The van der Waals surface area contributed by atoms with Crippen LogP contribution in [0.1, 0.15) is 23.2 Å². The standard InChI is InChI=1S/C34H22N8O12/c43-31-25-27(17-3-1-5-23(15-17)41(51)52)37-30-26(32(44)36(34(30)46)20-9-13-22(14-10-20)40(49)50)28(18-4-2-6-24(16-18)42(53)54)38(37)29(25)33(45)35(31)19-7-11-21(12-8-19)39(47)48/h1-16,25-30H. The van der Waals surface area contributed by atoms with Crippen molar-refractivity contribution in [1.82, 2.24) is 10.0 Å². The minimum atomic E-state index is -1.46. The van der Waals surface area contributed by atoms with Gasteiger partial charge < -0.3 is 0 Å². The van der Waals surface area contributed by atoms with E-state index in [1.54, 1.807) is 0 Å². The number of hydrogen-bond acceptors (Lipinski definition) is 14. The number of hydrazine groups is 1. The lowest BCUT2D eigenvalue weighted by Crippen LogP contribution is -2.50. The van der Waals surface area contributed by atoms with Gasteiger partial charge in [0.2, 0.25) is 11.8 Å². The van der Waals surface area contributed by atoms with Crippen molar-refractivity contribution in [2.24, 2.45) is 11.8 Å². The molecule has 4 heterocycles. The topological polar surface area (TPSA) is 254 Å². The smallest absolute Gasteiger partial charge is 0.269 e. The quantitative estimate of drug-likeness (QED) is 0.142. The largest absolute Gasteiger partial charge is 0.274 e. The molecule has 4 fully saturated rings. The first kappa shape index (κ1) is 33.8. The third-order valence-corrected chi connectivity index (χ3v) is 10.2. The van der Waals surface area contributed by atoms with Gasteiger partial charge in [0.25, 0.3) is 34.6 Å². The maximum absolute atomic E-state index is 14.6. The van der Waals surface area contributed by atoms with Crippen LogP contribution in [-0.2, 0) is 19.2 Å². The summed E-state index contributed by atoms with van der Waals surface area (Å²) in [5, 5.41) is 49.3. The Labute approximate surface area is 300 Å². The van der Waals surface area contributed by atoms with E-state index in [1.165, 1.54) is 82.8 Å². The number of anilines is 2. The van der Waals surface area contributed by atoms with Crippen LogP contribution in [0.3, 0.4) is 0 Å². The molecule has 0 aromatic heterocycles. The normalized spacial score (nSPS) is 24.8. The van der Waals surface area contributed by atoms with E-state index in [9.17, 15) is 59.6 Å². The number of amides is 4. The summed E-state index contributed by atoms with van der Waals surface area (Å²) in [6.45, 7) is 0. The van der Waals surface area contributed by atoms with E-state index < -0.39 is 79.3 Å².